The van der Waals surface area contributed by atoms with Gasteiger partial charge in [-0.3, -0.25) is 9.69 Å². The zero-order valence-electron chi connectivity index (χ0n) is 13.2. The van der Waals surface area contributed by atoms with Crippen LogP contribution in [0.2, 0.25) is 0 Å². The third-order valence-electron chi connectivity index (χ3n) is 4.78. The number of piperidine rings is 1. The van der Waals surface area contributed by atoms with Crippen molar-refractivity contribution < 1.29 is 14.6 Å². The van der Waals surface area contributed by atoms with Gasteiger partial charge < -0.3 is 9.84 Å². The van der Waals surface area contributed by atoms with E-state index in [0.29, 0.717) is 25.9 Å². The molecule has 0 radical (unpaired) electrons. The first-order valence-corrected chi connectivity index (χ1v) is 8.52. The van der Waals surface area contributed by atoms with E-state index in [0.717, 1.165) is 30.7 Å². The van der Waals surface area contributed by atoms with Crippen molar-refractivity contribution in [3.63, 3.8) is 0 Å². The zero-order chi connectivity index (χ0) is 16.3. The van der Waals surface area contributed by atoms with Gasteiger partial charge >= 0.3 is 5.97 Å². The molecule has 2 heterocycles. The molecule has 23 heavy (non-hydrogen) atoms. The van der Waals surface area contributed by atoms with E-state index in [4.69, 9.17) is 4.74 Å². The Labute approximate surface area is 139 Å². The van der Waals surface area contributed by atoms with Gasteiger partial charge in [0.05, 0.1) is 17.1 Å². The number of methoxy groups -OCH3 is 1. The number of hydrogen-bond acceptors (Lipinski definition) is 6. The van der Waals surface area contributed by atoms with Crippen molar-refractivity contribution in [2.45, 2.75) is 25.8 Å². The summed E-state index contributed by atoms with van der Waals surface area (Å²) < 4.78 is 13.6. The van der Waals surface area contributed by atoms with Crippen LogP contribution in [0.15, 0.2) is 18.2 Å². The van der Waals surface area contributed by atoms with Crippen LogP contribution in [0.3, 0.4) is 0 Å². The third kappa shape index (κ3) is 3.52. The van der Waals surface area contributed by atoms with Crippen molar-refractivity contribution in [1.82, 2.24) is 13.6 Å². The first kappa shape index (κ1) is 16.3. The van der Waals surface area contributed by atoms with Crippen LogP contribution in [0.4, 0.5) is 0 Å². The molecule has 3 rings (SSSR count). The largest absolute Gasteiger partial charge is 0.481 e. The molecule has 0 aliphatic carbocycles. The molecule has 6 nitrogen and oxygen atoms in total. The molecule has 0 bridgehead atoms. The van der Waals surface area contributed by atoms with Crippen molar-refractivity contribution in [1.29, 1.82) is 0 Å². The Balaban J connectivity index is 1.62. The van der Waals surface area contributed by atoms with Gasteiger partial charge in [0.25, 0.3) is 0 Å². The maximum absolute atomic E-state index is 11.7. The summed E-state index contributed by atoms with van der Waals surface area (Å²) >= 11 is 1.23. The van der Waals surface area contributed by atoms with E-state index in [-0.39, 0.29) is 0 Å². The first-order valence-electron chi connectivity index (χ1n) is 7.79. The minimum Gasteiger partial charge on any atom is -0.481 e. The number of hydrogen-bond donors (Lipinski definition) is 1. The highest BCUT2D eigenvalue weighted by Crippen LogP contribution is 2.36. The second-order valence-electron chi connectivity index (χ2n) is 6.19. The minimum absolute atomic E-state index is 0.500. The van der Waals surface area contributed by atoms with E-state index >= 15 is 0 Å². The Hall–Kier alpha value is -1.57. The fraction of sp³-hybridized carbons (Fsp3) is 0.562. The van der Waals surface area contributed by atoms with Crippen molar-refractivity contribution in [3.05, 3.63) is 23.8 Å². The molecule has 2 aromatic rings. The SMILES string of the molecule is COCCC1(C(=O)O)CCN(Cc2ccc3nsnc3c2)CC1. The number of fused-ring (bicyclic) bond motifs is 1. The molecule has 124 valence electrons. The average Bonchev–Trinajstić information content (AvgIpc) is 3.02. The topological polar surface area (TPSA) is 75.6 Å². The fourth-order valence-corrected chi connectivity index (χ4v) is 3.71. The van der Waals surface area contributed by atoms with Gasteiger partial charge in [0.1, 0.15) is 11.0 Å². The Kier molecular flexibility index (Phi) is 4.89. The summed E-state index contributed by atoms with van der Waals surface area (Å²) in [6.07, 6.45) is 1.93. The predicted molar refractivity (Wildman–Crippen MR) is 88.5 cm³/mol. The lowest BCUT2D eigenvalue weighted by molar-refractivity contribution is -0.153. The number of nitrogens with zero attached hydrogens (tertiary/aromatic N) is 3. The van der Waals surface area contributed by atoms with Crippen LogP contribution in [0, 0.1) is 5.41 Å². The van der Waals surface area contributed by atoms with Crippen LogP contribution in [0.5, 0.6) is 0 Å². The number of carbonyl (C=O) groups is 1. The van der Waals surface area contributed by atoms with Crippen LogP contribution in [-0.2, 0) is 16.1 Å². The lowest BCUT2D eigenvalue weighted by Gasteiger charge is -2.38. The molecule has 0 atom stereocenters. The minimum atomic E-state index is -0.691. The quantitative estimate of drug-likeness (QED) is 0.873. The van der Waals surface area contributed by atoms with Gasteiger partial charge in [-0.2, -0.15) is 8.75 Å². The van der Waals surface area contributed by atoms with Crippen LogP contribution in [0.1, 0.15) is 24.8 Å². The number of ether oxygens (including phenoxy) is 1. The third-order valence-corrected chi connectivity index (χ3v) is 5.33. The highest BCUT2D eigenvalue weighted by atomic mass is 32.1. The van der Waals surface area contributed by atoms with E-state index in [2.05, 4.69) is 25.8 Å². The van der Waals surface area contributed by atoms with E-state index in [1.165, 1.54) is 17.3 Å². The summed E-state index contributed by atoms with van der Waals surface area (Å²) in [4.78, 5) is 14.0. The lowest BCUT2D eigenvalue weighted by atomic mass is 9.76. The van der Waals surface area contributed by atoms with E-state index < -0.39 is 11.4 Å². The Morgan fingerprint density at radius 2 is 2.09 bits per heavy atom. The maximum atomic E-state index is 11.7. The maximum Gasteiger partial charge on any atom is 0.309 e. The highest BCUT2D eigenvalue weighted by molar-refractivity contribution is 7.00. The van der Waals surface area contributed by atoms with Crippen LogP contribution < -0.4 is 0 Å². The summed E-state index contributed by atoms with van der Waals surface area (Å²) in [5.74, 6) is -0.691. The van der Waals surface area contributed by atoms with Gasteiger partial charge in [0, 0.05) is 20.3 Å². The van der Waals surface area contributed by atoms with Gasteiger partial charge in [-0.1, -0.05) is 6.07 Å². The number of likely N-dealkylation sites (tertiary alicyclic amines) is 1. The number of aliphatic carboxylic acids is 1. The molecule has 1 aromatic carbocycles. The second-order valence-corrected chi connectivity index (χ2v) is 6.72. The molecule has 1 fully saturated rings. The first-order chi connectivity index (χ1) is 11.1. The van der Waals surface area contributed by atoms with Crippen molar-refractivity contribution in [2.24, 2.45) is 5.41 Å². The van der Waals surface area contributed by atoms with Gasteiger partial charge in [0.15, 0.2) is 0 Å². The molecule has 1 aliphatic rings. The monoisotopic (exact) mass is 335 g/mol. The van der Waals surface area contributed by atoms with E-state index in [9.17, 15) is 9.90 Å². The lowest BCUT2D eigenvalue weighted by Crippen LogP contribution is -2.44. The molecular formula is C16H21N3O3S. The molecule has 1 N–H and O–H groups in total. The molecule has 1 aliphatic heterocycles. The fourth-order valence-electron chi connectivity index (χ4n) is 3.19. The summed E-state index contributed by atoms with van der Waals surface area (Å²) in [5, 5.41) is 9.60. The number of rotatable bonds is 6. The molecule has 0 saturated carbocycles. The van der Waals surface area contributed by atoms with Crippen molar-refractivity contribution in [3.8, 4) is 0 Å². The Morgan fingerprint density at radius 1 is 1.35 bits per heavy atom. The van der Waals surface area contributed by atoms with Gasteiger partial charge in [-0.05, 0) is 50.0 Å². The highest BCUT2D eigenvalue weighted by Gasteiger charge is 2.40. The molecule has 0 spiro atoms. The van der Waals surface area contributed by atoms with Gasteiger partial charge in [-0.15, -0.1) is 0 Å². The molecule has 1 saturated heterocycles. The summed E-state index contributed by atoms with van der Waals surface area (Å²) in [7, 11) is 1.62. The number of benzene rings is 1. The van der Waals surface area contributed by atoms with Crippen molar-refractivity contribution in [2.75, 3.05) is 26.8 Å². The normalized spacial score (nSPS) is 18.3. The predicted octanol–water partition coefficient (Wildman–Crippen LogP) is 2.39. The smallest absolute Gasteiger partial charge is 0.309 e. The van der Waals surface area contributed by atoms with Crippen LogP contribution >= 0.6 is 11.7 Å². The summed E-state index contributed by atoms with van der Waals surface area (Å²) in [6, 6.07) is 6.15. The van der Waals surface area contributed by atoms with Crippen LogP contribution in [-0.4, -0.2) is 51.5 Å². The second kappa shape index (κ2) is 6.90. The van der Waals surface area contributed by atoms with Gasteiger partial charge in [-0.25, -0.2) is 0 Å². The average molecular weight is 335 g/mol. The van der Waals surface area contributed by atoms with E-state index in [1.54, 1.807) is 7.11 Å². The van der Waals surface area contributed by atoms with Crippen LogP contribution in [0.25, 0.3) is 11.0 Å². The molecule has 7 heteroatoms. The van der Waals surface area contributed by atoms with Crippen molar-refractivity contribution >= 4 is 28.7 Å². The van der Waals surface area contributed by atoms with E-state index in [1.807, 2.05) is 6.07 Å². The summed E-state index contributed by atoms with van der Waals surface area (Å²) in [5.41, 5.74) is 2.44. The Morgan fingerprint density at radius 3 is 2.78 bits per heavy atom. The molecule has 1 aromatic heterocycles. The number of carboxylic acid groups (broad SMARTS) is 1. The standard InChI is InChI=1S/C16H21N3O3S/c1-22-9-6-16(15(20)21)4-7-19(8-5-16)11-12-2-3-13-14(10-12)18-23-17-13/h2-3,10H,4-9,11H2,1H3,(H,20,21). The molecular weight excluding hydrogens is 314 g/mol. The summed E-state index contributed by atoms with van der Waals surface area (Å²) in [6.45, 7) is 2.92. The number of carboxylic acids is 1. The molecule has 0 amide bonds. The number of aromatic nitrogens is 2. The molecule has 0 unspecified atom stereocenters. The van der Waals surface area contributed by atoms with Gasteiger partial charge in [0.2, 0.25) is 0 Å². The Bertz CT molecular complexity index is 680. The zero-order valence-corrected chi connectivity index (χ0v) is 14.0.